The lowest BCUT2D eigenvalue weighted by Crippen LogP contribution is -2.37. The van der Waals surface area contributed by atoms with Crippen LogP contribution in [0.2, 0.25) is 0 Å². The van der Waals surface area contributed by atoms with Crippen LogP contribution in [0.25, 0.3) is 0 Å². The van der Waals surface area contributed by atoms with Gasteiger partial charge in [0.25, 0.3) is 0 Å². The Kier molecular flexibility index (Phi) is 5.05. The van der Waals surface area contributed by atoms with Crippen LogP contribution in [0.3, 0.4) is 0 Å². The van der Waals surface area contributed by atoms with Crippen molar-refractivity contribution < 1.29 is 4.74 Å². The van der Waals surface area contributed by atoms with Gasteiger partial charge in [0.1, 0.15) is 0 Å². The Balaban J connectivity index is 2.28. The van der Waals surface area contributed by atoms with E-state index in [1.807, 2.05) is 4.68 Å². The number of nitrogens with two attached hydrogens (primary N) is 1. The van der Waals surface area contributed by atoms with Crippen LogP contribution >= 0.6 is 0 Å². The average Bonchev–Trinajstić information content (AvgIpc) is 2.86. The standard InChI is InChI=1S/C15H28N4O/c1-10(2)19-15(13(20-4)9-17-19)14(18-16)12-7-5-11(3)6-8-12/h9-12,14,18H,5-8,16H2,1-4H3. The summed E-state index contributed by atoms with van der Waals surface area (Å²) >= 11 is 0. The highest BCUT2D eigenvalue weighted by molar-refractivity contribution is 5.29. The number of hydrogen-bond donors (Lipinski definition) is 2. The molecule has 1 aliphatic carbocycles. The molecular weight excluding hydrogens is 252 g/mol. The molecule has 0 bridgehead atoms. The quantitative estimate of drug-likeness (QED) is 0.643. The van der Waals surface area contributed by atoms with Crippen LogP contribution in [0.15, 0.2) is 6.20 Å². The van der Waals surface area contributed by atoms with E-state index < -0.39 is 0 Å². The van der Waals surface area contributed by atoms with Gasteiger partial charge in [0.2, 0.25) is 0 Å². The summed E-state index contributed by atoms with van der Waals surface area (Å²) in [5.41, 5.74) is 4.11. The van der Waals surface area contributed by atoms with Crippen molar-refractivity contribution in [2.75, 3.05) is 7.11 Å². The van der Waals surface area contributed by atoms with Gasteiger partial charge in [-0.3, -0.25) is 16.0 Å². The second kappa shape index (κ2) is 6.59. The van der Waals surface area contributed by atoms with E-state index in [0.29, 0.717) is 12.0 Å². The number of nitrogens with one attached hydrogen (secondary N) is 1. The summed E-state index contributed by atoms with van der Waals surface area (Å²) < 4.78 is 7.52. The van der Waals surface area contributed by atoms with Gasteiger partial charge in [-0.25, -0.2) is 0 Å². The van der Waals surface area contributed by atoms with Crippen LogP contribution in [0.5, 0.6) is 5.75 Å². The number of rotatable bonds is 5. The Morgan fingerprint density at radius 2 is 2.00 bits per heavy atom. The minimum absolute atomic E-state index is 0.113. The molecule has 1 unspecified atom stereocenters. The Morgan fingerprint density at radius 3 is 2.50 bits per heavy atom. The highest BCUT2D eigenvalue weighted by Crippen LogP contribution is 2.39. The smallest absolute Gasteiger partial charge is 0.161 e. The molecule has 0 spiro atoms. The predicted molar refractivity (Wildman–Crippen MR) is 80.4 cm³/mol. The van der Waals surface area contributed by atoms with Gasteiger partial charge in [0.05, 0.1) is 25.0 Å². The molecule has 0 amide bonds. The maximum atomic E-state index is 5.88. The molecule has 5 nitrogen and oxygen atoms in total. The van der Waals surface area contributed by atoms with Gasteiger partial charge in [0, 0.05) is 6.04 Å². The van der Waals surface area contributed by atoms with Crippen molar-refractivity contribution in [2.24, 2.45) is 17.7 Å². The molecule has 0 aliphatic heterocycles. The van der Waals surface area contributed by atoms with Gasteiger partial charge >= 0.3 is 0 Å². The van der Waals surface area contributed by atoms with Crippen molar-refractivity contribution in [2.45, 2.75) is 58.5 Å². The number of aromatic nitrogens is 2. The molecule has 2 rings (SSSR count). The first-order valence-corrected chi connectivity index (χ1v) is 7.66. The molecule has 1 aromatic rings. The number of hydrazine groups is 1. The summed E-state index contributed by atoms with van der Waals surface area (Å²) in [6.45, 7) is 6.60. The monoisotopic (exact) mass is 280 g/mol. The van der Waals surface area contributed by atoms with Crippen LogP contribution in [0.1, 0.15) is 64.2 Å². The first-order valence-electron chi connectivity index (χ1n) is 7.66. The first kappa shape index (κ1) is 15.3. The topological polar surface area (TPSA) is 65.1 Å². The summed E-state index contributed by atoms with van der Waals surface area (Å²) in [6, 6.07) is 0.412. The summed E-state index contributed by atoms with van der Waals surface area (Å²) in [4.78, 5) is 0. The van der Waals surface area contributed by atoms with Crippen molar-refractivity contribution >= 4 is 0 Å². The molecule has 20 heavy (non-hydrogen) atoms. The summed E-state index contributed by atoms with van der Waals surface area (Å²) in [6.07, 6.45) is 6.78. The maximum Gasteiger partial charge on any atom is 0.161 e. The molecule has 1 fully saturated rings. The Morgan fingerprint density at radius 1 is 1.35 bits per heavy atom. The van der Waals surface area contributed by atoms with Crippen molar-refractivity contribution in [3.05, 3.63) is 11.9 Å². The normalized spacial score (nSPS) is 24.9. The SMILES string of the molecule is COc1cnn(C(C)C)c1C(NN)C1CCC(C)CC1. The van der Waals surface area contributed by atoms with Gasteiger partial charge in [-0.15, -0.1) is 0 Å². The van der Waals surface area contributed by atoms with E-state index in [2.05, 4.69) is 31.3 Å². The Hall–Kier alpha value is -1.07. The zero-order chi connectivity index (χ0) is 14.7. The molecule has 1 aliphatic rings. The van der Waals surface area contributed by atoms with Gasteiger partial charge < -0.3 is 4.74 Å². The minimum Gasteiger partial charge on any atom is -0.493 e. The number of methoxy groups -OCH3 is 1. The van der Waals surface area contributed by atoms with E-state index in [4.69, 9.17) is 10.6 Å². The zero-order valence-corrected chi connectivity index (χ0v) is 13.1. The van der Waals surface area contributed by atoms with Crippen molar-refractivity contribution in [3.63, 3.8) is 0 Å². The molecule has 0 saturated heterocycles. The van der Waals surface area contributed by atoms with Crippen LogP contribution in [0, 0.1) is 11.8 Å². The predicted octanol–water partition coefficient (Wildman–Crippen LogP) is 2.80. The molecular formula is C15H28N4O. The molecule has 1 heterocycles. The largest absolute Gasteiger partial charge is 0.493 e. The summed E-state index contributed by atoms with van der Waals surface area (Å²) in [7, 11) is 1.70. The summed E-state index contributed by atoms with van der Waals surface area (Å²) in [5.74, 6) is 8.10. The van der Waals surface area contributed by atoms with E-state index >= 15 is 0 Å². The van der Waals surface area contributed by atoms with Gasteiger partial charge in [-0.1, -0.05) is 19.8 Å². The second-order valence-corrected chi connectivity index (χ2v) is 6.30. The summed E-state index contributed by atoms with van der Waals surface area (Å²) in [5, 5.41) is 4.46. The van der Waals surface area contributed by atoms with Crippen LogP contribution in [0.4, 0.5) is 0 Å². The van der Waals surface area contributed by atoms with Crippen LogP contribution in [-0.4, -0.2) is 16.9 Å². The maximum absolute atomic E-state index is 5.88. The third-order valence-corrected chi connectivity index (χ3v) is 4.51. The van der Waals surface area contributed by atoms with E-state index in [1.54, 1.807) is 13.3 Å². The molecule has 1 saturated carbocycles. The minimum atomic E-state index is 0.113. The third kappa shape index (κ3) is 2.99. The van der Waals surface area contributed by atoms with E-state index in [9.17, 15) is 0 Å². The van der Waals surface area contributed by atoms with E-state index in [1.165, 1.54) is 25.7 Å². The highest BCUT2D eigenvalue weighted by atomic mass is 16.5. The lowest BCUT2D eigenvalue weighted by Gasteiger charge is -2.33. The van der Waals surface area contributed by atoms with Gasteiger partial charge in [0.15, 0.2) is 5.75 Å². The molecule has 0 radical (unpaired) electrons. The fraction of sp³-hybridized carbons (Fsp3) is 0.800. The molecule has 114 valence electrons. The fourth-order valence-corrected chi connectivity index (χ4v) is 3.28. The van der Waals surface area contributed by atoms with Gasteiger partial charge in [-0.05, 0) is 38.5 Å². The molecule has 1 aromatic heterocycles. The molecule has 5 heteroatoms. The Labute approximate surface area is 121 Å². The second-order valence-electron chi connectivity index (χ2n) is 6.30. The third-order valence-electron chi connectivity index (χ3n) is 4.51. The highest BCUT2D eigenvalue weighted by Gasteiger charge is 2.31. The molecule has 1 atom stereocenters. The van der Waals surface area contributed by atoms with Crippen molar-refractivity contribution in [1.82, 2.24) is 15.2 Å². The fourth-order valence-electron chi connectivity index (χ4n) is 3.28. The lowest BCUT2D eigenvalue weighted by atomic mass is 9.78. The molecule has 3 N–H and O–H groups in total. The number of ether oxygens (including phenoxy) is 1. The lowest BCUT2D eigenvalue weighted by molar-refractivity contribution is 0.220. The zero-order valence-electron chi connectivity index (χ0n) is 13.1. The van der Waals surface area contributed by atoms with E-state index in [0.717, 1.165) is 17.4 Å². The van der Waals surface area contributed by atoms with Crippen molar-refractivity contribution in [3.8, 4) is 5.75 Å². The van der Waals surface area contributed by atoms with Crippen molar-refractivity contribution in [1.29, 1.82) is 0 Å². The van der Waals surface area contributed by atoms with Gasteiger partial charge in [-0.2, -0.15) is 5.10 Å². The average molecular weight is 280 g/mol. The number of hydrogen-bond acceptors (Lipinski definition) is 4. The Bertz CT molecular complexity index is 422. The number of nitrogens with zero attached hydrogens (tertiary/aromatic N) is 2. The van der Waals surface area contributed by atoms with E-state index in [-0.39, 0.29) is 6.04 Å². The van der Waals surface area contributed by atoms with Crippen LogP contribution in [-0.2, 0) is 0 Å². The van der Waals surface area contributed by atoms with Crippen LogP contribution < -0.4 is 16.0 Å². The first-order chi connectivity index (χ1) is 9.58. The molecule has 0 aromatic carbocycles.